The lowest BCUT2D eigenvalue weighted by Gasteiger charge is -2.11. The number of ether oxygens (including phenoxy) is 1. The fraction of sp³-hybridized carbons (Fsp3) is 0. The number of hydrogen-bond donors (Lipinski definition) is 2. The normalized spacial score (nSPS) is 10.4. The van der Waals surface area contributed by atoms with Gasteiger partial charge in [-0.1, -0.05) is 0 Å². The molecule has 0 saturated carbocycles. The molecule has 0 unspecified atom stereocenters. The molecule has 1 heterocycles. The highest BCUT2D eigenvalue weighted by Crippen LogP contribution is 2.29. The van der Waals surface area contributed by atoms with Crippen LogP contribution >= 0.6 is 0 Å². The first-order chi connectivity index (χ1) is 12.4. The molecule has 132 valence electrons. The molecule has 0 spiro atoms. The minimum Gasteiger partial charge on any atom is -0.451 e. The Balaban J connectivity index is 1.88. The van der Waals surface area contributed by atoms with Gasteiger partial charge in [0.2, 0.25) is 5.82 Å². The van der Waals surface area contributed by atoms with Crippen LogP contribution in [0.2, 0.25) is 0 Å². The van der Waals surface area contributed by atoms with E-state index < -0.39 is 29.1 Å². The number of nitrogens with one attached hydrogen (secondary N) is 1. The third kappa shape index (κ3) is 3.72. The summed E-state index contributed by atoms with van der Waals surface area (Å²) in [5.74, 6) is -4.64. The predicted octanol–water partition coefficient (Wildman–Crippen LogP) is 3.52. The molecule has 0 radical (unpaired) electrons. The number of carbonyl (C=O) groups excluding carboxylic acids is 1. The van der Waals surface area contributed by atoms with Crippen molar-refractivity contribution in [2.24, 2.45) is 0 Å². The first kappa shape index (κ1) is 17.2. The van der Waals surface area contributed by atoms with E-state index in [-0.39, 0.29) is 22.7 Å². The standard InChI is InChI=1S/C17H11F3N4O2/c18-13-2-1-9(21)3-12(13)17(25)24-10-4-14(19)16(20)15(5-10)26-11-6-22-8-23-7-11/h1-8H,21H2,(H,24,25). The molecule has 0 aliphatic carbocycles. The topological polar surface area (TPSA) is 90.1 Å². The van der Waals surface area contributed by atoms with Crippen LogP contribution in [0.5, 0.6) is 11.5 Å². The SMILES string of the molecule is Nc1ccc(F)c(C(=O)Nc2cc(F)c(F)c(Oc3cncnc3)c2)c1. The van der Waals surface area contributed by atoms with Crippen LogP contribution in [-0.4, -0.2) is 15.9 Å². The fourth-order valence-corrected chi connectivity index (χ4v) is 2.09. The first-order valence-electron chi connectivity index (χ1n) is 7.22. The number of carbonyl (C=O) groups is 1. The van der Waals surface area contributed by atoms with Gasteiger partial charge in [0.25, 0.3) is 5.91 Å². The predicted molar refractivity (Wildman–Crippen MR) is 87.2 cm³/mol. The van der Waals surface area contributed by atoms with Gasteiger partial charge in [-0.2, -0.15) is 4.39 Å². The van der Waals surface area contributed by atoms with Gasteiger partial charge in [0.1, 0.15) is 12.1 Å². The molecule has 0 bridgehead atoms. The molecular weight excluding hydrogens is 349 g/mol. The van der Waals surface area contributed by atoms with Crippen molar-refractivity contribution in [2.75, 3.05) is 11.1 Å². The van der Waals surface area contributed by atoms with E-state index in [9.17, 15) is 18.0 Å². The lowest BCUT2D eigenvalue weighted by atomic mass is 10.1. The Hall–Kier alpha value is -3.62. The fourth-order valence-electron chi connectivity index (χ4n) is 2.09. The highest BCUT2D eigenvalue weighted by molar-refractivity contribution is 6.05. The van der Waals surface area contributed by atoms with Gasteiger partial charge in [0.15, 0.2) is 17.3 Å². The molecule has 3 rings (SSSR count). The monoisotopic (exact) mass is 360 g/mol. The van der Waals surface area contributed by atoms with Crippen molar-refractivity contribution < 1.29 is 22.7 Å². The lowest BCUT2D eigenvalue weighted by molar-refractivity contribution is 0.102. The van der Waals surface area contributed by atoms with Crippen molar-refractivity contribution in [1.82, 2.24) is 9.97 Å². The zero-order chi connectivity index (χ0) is 18.7. The quantitative estimate of drug-likeness (QED) is 0.695. The van der Waals surface area contributed by atoms with Gasteiger partial charge in [-0.3, -0.25) is 4.79 Å². The summed E-state index contributed by atoms with van der Waals surface area (Å²) in [4.78, 5) is 19.5. The number of nitrogens with zero attached hydrogens (tertiary/aromatic N) is 2. The molecule has 0 aliphatic rings. The second-order valence-corrected chi connectivity index (χ2v) is 5.14. The summed E-state index contributed by atoms with van der Waals surface area (Å²) in [6.07, 6.45) is 3.73. The number of anilines is 2. The second-order valence-electron chi connectivity index (χ2n) is 5.14. The number of rotatable bonds is 4. The van der Waals surface area contributed by atoms with Crippen LogP contribution in [0.15, 0.2) is 49.1 Å². The minimum atomic E-state index is -1.26. The number of aromatic nitrogens is 2. The van der Waals surface area contributed by atoms with Crippen LogP contribution in [0.1, 0.15) is 10.4 Å². The molecule has 0 aliphatic heterocycles. The van der Waals surface area contributed by atoms with Crippen LogP contribution in [0.4, 0.5) is 24.5 Å². The Bertz CT molecular complexity index is 968. The first-order valence-corrected chi connectivity index (χ1v) is 7.22. The number of benzene rings is 2. The molecule has 6 nitrogen and oxygen atoms in total. The molecule has 1 aromatic heterocycles. The largest absolute Gasteiger partial charge is 0.451 e. The van der Waals surface area contributed by atoms with E-state index in [2.05, 4.69) is 15.3 Å². The molecule has 3 N–H and O–H groups in total. The van der Waals surface area contributed by atoms with Crippen LogP contribution in [0.25, 0.3) is 0 Å². The van der Waals surface area contributed by atoms with Crippen molar-refractivity contribution in [1.29, 1.82) is 0 Å². The third-order valence-corrected chi connectivity index (χ3v) is 3.25. The summed E-state index contributed by atoms with van der Waals surface area (Å²) >= 11 is 0. The molecule has 0 fully saturated rings. The van der Waals surface area contributed by atoms with Crippen LogP contribution in [0, 0.1) is 17.5 Å². The molecular formula is C17H11F3N4O2. The Labute approximate surface area is 145 Å². The van der Waals surface area contributed by atoms with Gasteiger partial charge < -0.3 is 15.8 Å². The average Bonchev–Trinajstić information content (AvgIpc) is 2.62. The van der Waals surface area contributed by atoms with E-state index in [1.54, 1.807) is 0 Å². The third-order valence-electron chi connectivity index (χ3n) is 3.25. The maximum absolute atomic E-state index is 13.9. The van der Waals surface area contributed by atoms with Gasteiger partial charge in [0, 0.05) is 23.5 Å². The number of halogens is 3. The van der Waals surface area contributed by atoms with E-state index in [0.717, 1.165) is 24.3 Å². The van der Waals surface area contributed by atoms with Crippen molar-refractivity contribution in [3.05, 3.63) is 72.1 Å². The zero-order valence-electron chi connectivity index (χ0n) is 13.0. The molecule has 1 amide bonds. The summed E-state index contributed by atoms with van der Waals surface area (Å²) in [7, 11) is 0. The molecule has 0 saturated heterocycles. The van der Waals surface area contributed by atoms with Crippen molar-refractivity contribution in [3.8, 4) is 11.5 Å². The molecule has 0 atom stereocenters. The summed E-state index contributed by atoms with van der Waals surface area (Å²) in [5.41, 5.74) is 5.22. The van der Waals surface area contributed by atoms with Crippen molar-refractivity contribution in [3.63, 3.8) is 0 Å². The van der Waals surface area contributed by atoms with Crippen LogP contribution < -0.4 is 15.8 Å². The maximum atomic E-state index is 13.9. The highest BCUT2D eigenvalue weighted by atomic mass is 19.2. The van der Waals surface area contributed by atoms with E-state index >= 15 is 0 Å². The maximum Gasteiger partial charge on any atom is 0.258 e. The smallest absolute Gasteiger partial charge is 0.258 e. The zero-order valence-corrected chi connectivity index (χ0v) is 13.0. The molecule has 2 aromatic carbocycles. The second kappa shape index (κ2) is 7.09. The average molecular weight is 360 g/mol. The van der Waals surface area contributed by atoms with Gasteiger partial charge in [-0.15, -0.1) is 0 Å². The summed E-state index contributed by atoms with van der Waals surface area (Å²) in [6, 6.07) is 5.24. The van der Waals surface area contributed by atoms with Crippen molar-refractivity contribution in [2.45, 2.75) is 0 Å². The van der Waals surface area contributed by atoms with E-state index in [1.807, 2.05) is 0 Å². The summed E-state index contributed by atoms with van der Waals surface area (Å²) in [6.45, 7) is 0. The summed E-state index contributed by atoms with van der Waals surface area (Å²) in [5, 5.41) is 2.27. The van der Waals surface area contributed by atoms with Crippen molar-refractivity contribution >= 4 is 17.3 Å². The lowest BCUT2D eigenvalue weighted by Crippen LogP contribution is -2.14. The molecule has 26 heavy (non-hydrogen) atoms. The number of amides is 1. The highest BCUT2D eigenvalue weighted by Gasteiger charge is 2.17. The van der Waals surface area contributed by atoms with E-state index in [1.165, 1.54) is 24.8 Å². The Kier molecular flexibility index (Phi) is 4.70. The van der Waals surface area contributed by atoms with Gasteiger partial charge >= 0.3 is 0 Å². The Morgan fingerprint density at radius 3 is 2.50 bits per heavy atom. The minimum absolute atomic E-state index is 0.0659. The summed E-state index contributed by atoms with van der Waals surface area (Å²) < 4.78 is 46.6. The number of hydrogen-bond acceptors (Lipinski definition) is 5. The van der Waals surface area contributed by atoms with Crippen LogP contribution in [0.3, 0.4) is 0 Å². The van der Waals surface area contributed by atoms with Crippen LogP contribution in [-0.2, 0) is 0 Å². The van der Waals surface area contributed by atoms with Gasteiger partial charge in [-0.25, -0.2) is 18.7 Å². The van der Waals surface area contributed by atoms with E-state index in [0.29, 0.717) is 0 Å². The number of nitrogen functional groups attached to an aromatic ring is 1. The Morgan fingerprint density at radius 1 is 1.04 bits per heavy atom. The Morgan fingerprint density at radius 2 is 1.77 bits per heavy atom. The molecule has 3 aromatic rings. The molecule has 9 heteroatoms. The van der Waals surface area contributed by atoms with Gasteiger partial charge in [-0.05, 0) is 18.2 Å². The van der Waals surface area contributed by atoms with Gasteiger partial charge in [0.05, 0.1) is 18.0 Å². The van der Waals surface area contributed by atoms with E-state index in [4.69, 9.17) is 10.5 Å². The number of nitrogens with two attached hydrogens (primary N) is 1.